The Morgan fingerprint density at radius 3 is 2.51 bits per heavy atom. The quantitative estimate of drug-likeness (QED) is 0.486. The summed E-state index contributed by atoms with van der Waals surface area (Å²) in [4.78, 5) is 36.9. The summed E-state index contributed by atoms with van der Waals surface area (Å²) in [7, 11) is 0. The summed E-state index contributed by atoms with van der Waals surface area (Å²) in [6, 6.07) is 15.5. The number of fused-ring (bicyclic) bond motifs is 4. The van der Waals surface area contributed by atoms with Gasteiger partial charge in [-0.3, -0.25) is 14.6 Å². The fourth-order valence-electron chi connectivity index (χ4n) is 5.71. The fraction of sp³-hybridized carbons (Fsp3) is 0.429. The molecule has 3 aromatic rings. The van der Waals surface area contributed by atoms with Crippen LogP contribution in [0.2, 0.25) is 0 Å². The van der Waals surface area contributed by atoms with Gasteiger partial charge in [0.2, 0.25) is 0 Å². The van der Waals surface area contributed by atoms with E-state index >= 15 is 0 Å². The number of aromatic nitrogens is 1. The third kappa shape index (κ3) is 3.69. The molecule has 7 heteroatoms. The van der Waals surface area contributed by atoms with E-state index in [0.717, 1.165) is 46.6 Å². The van der Waals surface area contributed by atoms with Crippen molar-refractivity contribution in [2.45, 2.75) is 45.7 Å². The van der Waals surface area contributed by atoms with E-state index < -0.39 is 5.54 Å². The molecule has 0 spiro atoms. The highest BCUT2D eigenvalue weighted by Crippen LogP contribution is 2.48. The molecular formula is C28H34N4O3. The number of ether oxygens (including phenoxy) is 1. The zero-order chi connectivity index (χ0) is 24.7. The Morgan fingerprint density at radius 2 is 1.83 bits per heavy atom. The number of carbonyl (C=O) groups is 2. The molecule has 2 atom stereocenters. The smallest absolute Gasteiger partial charge is 0.328 e. The van der Waals surface area contributed by atoms with E-state index in [4.69, 9.17) is 4.74 Å². The van der Waals surface area contributed by atoms with E-state index in [1.807, 2.05) is 61.2 Å². The fourth-order valence-corrected chi connectivity index (χ4v) is 5.71. The molecule has 1 fully saturated rings. The largest absolute Gasteiger partial charge is 0.494 e. The SMILES string of the molecule is CCOc1ccc2[nH]c3c(c2c1)C[C@@]1(C)C(=O)N(CCN(CC)CC)C(=O)N1[C@@H]3c1ccccc1. The summed E-state index contributed by atoms with van der Waals surface area (Å²) in [5, 5.41) is 1.05. The summed E-state index contributed by atoms with van der Waals surface area (Å²) in [5.74, 6) is 0.692. The molecule has 1 N–H and O–H groups in total. The van der Waals surface area contributed by atoms with Crippen LogP contribution in [0.25, 0.3) is 10.9 Å². The van der Waals surface area contributed by atoms with E-state index in [9.17, 15) is 9.59 Å². The van der Waals surface area contributed by atoms with Gasteiger partial charge < -0.3 is 14.6 Å². The molecule has 3 heterocycles. The maximum atomic E-state index is 13.9. The maximum Gasteiger partial charge on any atom is 0.328 e. The highest BCUT2D eigenvalue weighted by molar-refractivity contribution is 6.08. The number of benzene rings is 2. The normalized spacial score (nSPS) is 21.7. The van der Waals surface area contributed by atoms with Gasteiger partial charge in [-0.2, -0.15) is 0 Å². The first kappa shape index (κ1) is 23.4. The monoisotopic (exact) mass is 474 g/mol. The molecule has 2 aliphatic rings. The van der Waals surface area contributed by atoms with Crippen LogP contribution in [0.3, 0.4) is 0 Å². The van der Waals surface area contributed by atoms with Crippen molar-refractivity contribution in [2.75, 3.05) is 32.8 Å². The third-order valence-corrected chi connectivity index (χ3v) is 7.60. The number of H-pyrrole nitrogens is 1. The Kier molecular flexibility index (Phi) is 6.05. The zero-order valence-corrected chi connectivity index (χ0v) is 21.0. The van der Waals surface area contributed by atoms with Gasteiger partial charge >= 0.3 is 6.03 Å². The molecule has 2 aliphatic heterocycles. The van der Waals surface area contributed by atoms with Crippen molar-refractivity contribution in [2.24, 2.45) is 0 Å². The molecule has 2 aromatic carbocycles. The summed E-state index contributed by atoms with van der Waals surface area (Å²) in [5.41, 5.74) is 3.08. The Morgan fingerprint density at radius 1 is 1.09 bits per heavy atom. The van der Waals surface area contributed by atoms with Gasteiger partial charge in [0.05, 0.1) is 6.61 Å². The van der Waals surface area contributed by atoms with E-state index in [2.05, 4.69) is 29.8 Å². The molecule has 35 heavy (non-hydrogen) atoms. The maximum absolute atomic E-state index is 13.9. The van der Waals surface area contributed by atoms with Crippen molar-refractivity contribution in [1.82, 2.24) is 19.7 Å². The lowest BCUT2D eigenvalue weighted by atomic mass is 9.81. The predicted octanol–water partition coefficient (Wildman–Crippen LogP) is 4.58. The Labute approximate surface area is 206 Å². The van der Waals surface area contributed by atoms with Gasteiger partial charge in [0.25, 0.3) is 5.91 Å². The lowest BCUT2D eigenvalue weighted by Crippen LogP contribution is -2.53. The second kappa shape index (κ2) is 9.04. The highest BCUT2D eigenvalue weighted by Gasteiger charge is 2.60. The van der Waals surface area contributed by atoms with E-state index in [1.165, 1.54) is 4.90 Å². The number of nitrogens with one attached hydrogen (secondary N) is 1. The number of nitrogens with zero attached hydrogens (tertiary/aromatic N) is 3. The molecule has 1 aromatic heterocycles. The van der Waals surface area contributed by atoms with E-state index in [0.29, 0.717) is 26.1 Å². The topological polar surface area (TPSA) is 68.9 Å². The van der Waals surface area contributed by atoms with Gasteiger partial charge in [0.1, 0.15) is 17.3 Å². The van der Waals surface area contributed by atoms with Gasteiger partial charge in [0, 0.05) is 36.1 Å². The number of aromatic amines is 1. The third-order valence-electron chi connectivity index (χ3n) is 7.60. The van der Waals surface area contributed by atoms with Crippen LogP contribution < -0.4 is 4.74 Å². The van der Waals surface area contributed by atoms with Crippen LogP contribution >= 0.6 is 0 Å². The molecular weight excluding hydrogens is 440 g/mol. The molecule has 5 rings (SSSR count). The summed E-state index contributed by atoms with van der Waals surface area (Å²) < 4.78 is 5.77. The highest BCUT2D eigenvalue weighted by atomic mass is 16.5. The standard InChI is InChI=1S/C28H34N4O3/c1-5-30(6-2)15-16-31-26(33)28(4)18-22-21-17-20(35-7-3)13-14-23(21)29-24(22)25(32(28)27(31)34)19-11-9-8-10-12-19/h8-14,17,25,29H,5-7,15-16,18H2,1-4H3/t25-,28+/m1/s1. The molecule has 0 aliphatic carbocycles. The second-order valence-corrected chi connectivity index (χ2v) is 9.56. The van der Waals surface area contributed by atoms with Gasteiger partial charge in [0.15, 0.2) is 0 Å². The van der Waals surface area contributed by atoms with E-state index in [1.54, 1.807) is 0 Å². The lowest BCUT2D eigenvalue weighted by molar-refractivity contribution is -0.133. The number of carbonyl (C=O) groups excluding carboxylic acids is 2. The zero-order valence-electron chi connectivity index (χ0n) is 21.0. The van der Waals surface area contributed by atoms with Crippen LogP contribution in [0.5, 0.6) is 5.75 Å². The summed E-state index contributed by atoms with van der Waals surface area (Å²) in [6.07, 6.45) is 0.466. The minimum absolute atomic E-state index is 0.114. The molecule has 1 saturated heterocycles. The molecule has 0 radical (unpaired) electrons. The Bertz CT molecular complexity index is 1250. The summed E-state index contributed by atoms with van der Waals surface area (Å²) >= 11 is 0. The van der Waals surface area contributed by atoms with E-state index in [-0.39, 0.29) is 18.0 Å². The van der Waals surface area contributed by atoms with Crippen molar-refractivity contribution in [1.29, 1.82) is 0 Å². The van der Waals surface area contributed by atoms with Crippen molar-refractivity contribution >= 4 is 22.8 Å². The second-order valence-electron chi connectivity index (χ2n) is 9.56. The van der Waals surface area contributed by atoms with Crippen molar-refractivity contribution < 1.29 is 14.3 Å². The van der Waals surface area contributed by atoms with Crippen LogP contribution in [0, 0.1) is 0 Å². The van der Waals surface area contributed by atoms with Crippen LogP contribution in [0.4, 0.5) is 4.79 Å². The molecule has 184 valence electrons. The average molecular weight is 475 g/mol. The van der Waals surface area contributed by atoms with Crippen molar-refractivity contribution in [3.8, 4) is 5.75 Å². The van der Waals surface area contributed by atoms with Gasteiger partial charge in [-0.1, -0.05) is 44.2 Å². The van der Waals surface area contributed by atoms with Gasteiger partial charge in [-0.25, -0.2) is 4.79 Å². The van der Waals surface area contributed by atoms with Gasteiger partial charge in [-0.15, -0.1) is 0 Å². The number of hydrogen-bond donors (Lipinski definition) is 1. The molecule has 7 nitrogen and oxygen atoms in total. The van der Waals surface area contributed by atoms with Crippen molar-refractivity contribution in [3.05, 3.63) is 65.4 Å². The lowest BCUT2D eigenvalue weighted by Gasteiger charge is -2.42. The Hall–Kier alpha value is -3.32. The number of likely N-dealkylation sites (N-methyl/N-ethyl adjacent to an activating group) is 1. The first-order valence-corrected chi connectivity index (χ1v) is 12.6. The van der Waals surface area contributed by atoms with Crippen LogP contribution in [0.1, 0.15) is 50.6 Å². The minimum Gasteiger partial charge on any atom is -0.494 e. The van der Waals surface area contributed by atoms with Crippen molar-refractivity contribution in [3.63, 3.8) is 0 Å². The molecule has 0 saturated carbocycles. The van der Waals surface area contributed by atoms with Crippen LogP contribution in [-0.4, -0.2) is 69.9 Å². The molecule has 3 amide bonds. The summed E-state index contributed by atoms with van der Waals surface area (Å²) in [6.45, 7) is 11.5. The van der Waals surface area contributed by atoms with Crippen LogP contribution in [0.15, 0.2) is 48.5 Å². The first-order chi connectivity index (χ1) is 16.9. The molecule has 0 bridgehead atoms. The predicted molar refractivity (Wildman–Crippen MR) is 137 cm³/mol. The molecule has 0 unspecified atom stereocenters. The Balaban J connectivity index is 1.63. The van der Waals surface area contributed by atoms with Gasteiger partial charge in [-0.05, 0) is 56.3 Å². The number of amides is 3. The number of hydrogen-bond acceptors (Lipinski definition) is 4. The van der Waals surface area contributed by atoms with Crippen LogP contribution in [-0.2, 0) is 11.2 Å². The number of imide groups is 1. The number of urea groups is 1. The minimum atomic E-state index is -0.954. The first-order valence-electron chi connectivity index (χ1n) is 12.6. The number of rotatable bonds is 8. The average Bonchev–Trinajstić information content (AvgIpc) is 3.31.